The van der Waals surface area contributed by atoms with Crippen LogP contribution in [-0.4, -0.2) is 53.7 Å². The van der Waals surface area contributed by atoms with Crippen LogP contribution in [0.2, 0.25) is 0 Å². The first kappa shape index (κ1) is 17.1. The van der Waals surface area contributed by atoms with Crippen LogP contribution >= 0.6 is 0 Å². The van der Waals surface area contributed by atoms with Crippen molar-refractivity contribution >= 4 is 17.8 Å². The Morgan fingerprint density at radius 3 is 2.48 bits per heavy atom. The third-order valence-electron chi connectivity index (χ3n) is 3.67. The van der Waals surface area contributed by atoms with Gasteiger partial charge in [-0.2, -0.15) is 0 Å². The number of amides is 2. The van der Waals surface area contributed by atoms with Gasteiger partial charge in [0.1, 0.15) is 5.41 Å². The van der Waals surface area contributed by atoms with E-state index in [-0.39, 0.29) is 23.9 Å². The molecule has 1 aliphatic rings. The van der Waals surface area contributed by atoms with Crippen LogP contribution in [0.5, 0.6) is 0 Å². The zero-order valence-corrected chi connectivity index (χ0v) is 12.8. The third-order valence-corrected chi connectivity index (χ3v) is 3.67. The molecule has 0 aliphatic carbocycles. The Kier molecular flexibility index (Phi) is 5.80. The minimum Gasteiger partial charge on any atom is -0.450 e. The van der Waals surface area contributed by atoms with Gasteiger partial charge >= 0.3 is 6.09 Å². The summed E-state index contributed by atoms with van der Waals surface area (Å²) in [6, 6.07) is -0.0334. The van der Waals surface area contributed by atoms with Crippen molar-refractivity contribution in [2.75, 3.05) is 19.7 Å². The molecule has 21 heavy (non-hydrogen) atoms. The predicted octanol–water partition coefficient (Wildman–Crippen LogP) is 0.496. The lowest BCUT2D eigenvalue weighted by Gasteiger charge is -2.33. The topological polar surface area (TPSA) is 117 Å². The first-order chi connectivity index (χ1) is 9.82. The molecule has 0 radical (unpaired) electrons. The van der Waals surface area contributed by atoms with Crippen LogP contribution in [0.15, 0.2) is 5.16 Å². The number of carbonyl (C=O) groups is 2. The fourth-order valence-corrected chi connectivity index (χ4v) is 2.03. The summed E-state index contributed by atoms with van der Waals surface area (Å²) in [5.41, 5.74) is 4.45. The molecule has 1 saturated heterocycles. The van der Waals surface area contributed by atoms with Crippen LogP contribution in [0.1, 0.15) is 33.6 Å². The number of rotatable bonds is 4. The number of likely N-dealkylation sites (tertiary alicyclic amines) is 1. The minimum atomic E-state index is -1.08. The summed E-state index contributed by atoms with van der Waals surface area (Å²) in [7, 11) is 0. The smallest absolute Gasteiger partial charge is 0.409 e. The normalized spacial score (nSPS) is 17.5. The second kappa shape index (κ2) is 7.14. The Hall–Kier alpha value is -1.99. The predicted molar refractivity (Wildman–Crippen MR) is 76.9 cm³/mol. The number of amidine groups is 1. The zero-order chi connectivity index (χ0) is 16.0. The van der Waals surface area contributed by atoms with Crippen molar-refractivity contribution in [2.45, 2.75) is 39.7 Å². The fourth-order valence-electron chi connectivity index (χ4n) is 2.03. The quantitative estimate of drug-likeness (QED) is 0.302. The highest BCUT2D eigenvalue weighted by atomic mass is 16.6. The molecule has 0 spiro atoms. The summed E-state index contributed by atoms with van der Waals surface area (Å²) in [4.78, 5) is 25.4. The minimum absolute atomic E-state index is 0.0334. The van der Waals surface area contributed by atoms with E-state index >= 15 is 0 Å². The van der Waals surface area contributed by atoms with E-state index in [1.807, 2.05) is 0 Å². The molecule has 1 rings (SSSR count). The molecular formula is C13H24N4O4. The van der Waals surface area contributed by atoms with Crippen molar-refractivity contribution in [3.63, 3.8) is 0 Å². The molecule has 1 aliphatic heterocycles. The van der Waals surface area contributed by atoms with E-state index in [1.54, 1.807) is 25.7 Å². The first-order valence-corrected chi connectivity index (χ1v) is 7.03. The molecule has 0 unspecified atom stereocenters. The van der Waals surface area contributed by atoms with E-state index < -0.39 is 5.41 Å². The molecule has 8 nitrogen and oxygen atoms in total. The summed E-state index contributed by atoms with van der Waals surface area (Å²) in [5.74, 6) is -0.434. The van der Waals surface area contributed by atoms with Gasteiger partial charge in [-0.15, -0.1) is 0 Å². The molecule has 4 N–H and O–H groups in total. The molecule has 8 heteroatoms. The van der Waals surface area contributed by atoms with Crippen LogP contribution in [0.3, 0.4) is 0 Å². The van der Waals surface area contributed by atoms with Gasteiger partial charge < -0.3 is 25.9 Å². The van der Waals surface area contributed by atoms with Crippen molar-refractivity contribution in [3.8, 4) is 0 Å². The number of carbonyl (C=O) groups excluding carboxylic acids is 2. The van der Waals surface area contributed by atoms with Crippen LogP contribution in [0.25, 0.3) is 0 Å². The Bertz CT molecular complexity index is 414. The van der Waals surface area contributed by atoms with Crippen LogP contribution in [-0.2, 0) is 9.53 Å². The monoisotopic (exact) mass is 300 g/mol. The van der Waals surface area contributed by atoms with Gasteiger partial charge in [0.2, 0.25) is 5.91 Å². The highest BCUT2D eigenvalue weighted by Crippen LogP contribution is 2.18. The first-order valence-electron chi connectivity index (χ1n) is 7.03. The number of oxime groups is 1. The second-order valence-electron chi connectivity index (χ2n) is 5.54. The SMILES string of the molecule is CCOC(=O)N1CCC(NC(=O)C(C)(C)C(N)=NO)CC1. The number of nitrogens with two attached hydrogens (primary N) is 1. The highest BCUT2D eigenvalue weighted by Gasteiger charge is 2.35. The van der Waals surface area contributed by atoms with Crippen molar-refractivity contribution in [1.29, 1.82) is 0 Å². The number of hydrogen-bond acceptors (Lipinski definition) is 5. The van der Waals surface area contributed by atoms with Gasteiger partial charge in [0, 0.05) is 19.1 Å². The molecule has 2 amide bonds. The number of piperidine rings is 1. The van der Waals surface area contributed by atoms with Crippen molar-refractivity contribution in [1.82, 2.24) is 10.2 Å². The van der Waals surface area contributed by atoms with Crippen molar-refractivity contribution < 1.29 is 19.5 Å². The van der Waals surface area contributed by atoms with Crippen molar-refractivity contribution in [2.24, 2.45) is 16.3 Å². The summed E-state index contributed by atoms with van der Waals surface area (Å²) in [6.07, 6.45) is 0.979. The van der Waals surface area contributed by atoms with Crippen LogP contribution in [0.4, 0.5) is 4.79 Å². The average molecular weight is 300 g/mol. The molecule has 0 bridgehead atoms. The largest absolute Gasteiger partial charge is 0.450 e. The van der Waals surface area contributed by atoms with E-state index in [4.69, 9.17) is 15.7 Å². The lowest BCUT2D eigenvalue weighted by atomic mass is 9.90. The van der Waals surface area contributed by atoms with E-state index in [9.17, 15) is 9.59 Å². The van der Waals surface area contributed by atoms with E-state index in [1.165, 1.54) is 0 Å². The van der Waals surface area contributed by atoms with Crippen molar-refractivity contribution in [3.05, 3.63) is 0 Å². The number of ether oxygens (including phenoxy) is 1. The van der Waals surface area contributed by atoms with Gasteiger partial charge in [-0.1, -0.05) is 5.16 Å². The highest BCUT2D eigenvalue weighted by molar-refractivity contribution is 6.05. The maximum Gasteiger partial charge on any atom is 0.409 e. The third kappa shape index (κ3) is 4.24. The van der Waals surface area contributed by atoms with Gasteiger partial charge in [-0.25, -0.2) is 4.79 Å². The maximum absolute atomic E-state index is 12.2. The second-order valence-corrected chi connectivity index (χ2v) is 5.54. The van der Waals surface area contributed by atoms with Gasteiger partial charge in [0.25, 0.3) is 0 Å². The number of hydrogen-bond donors (Lipinski definition) is 3. The van der Waals surface area contributed by atoms with E-state index in [0.717, 1.165) is 0 Å². The van der Waals surface area contributed by atoms with Crippen LogP contribution in [0, 0.1) is 5.41 Å². The van der Waals surface area contributed by atoms with E-state index in [0.29, 0.717) is 32.5 Å². The Labute approximate surface area is 124 Å². The molecule has 1 fully saturated rings. The van der Waals surface area contributed by atoms with Crippen LogP contribution < -0.4 is 11.1 Å². The Balaban J connectivity index is 2.49. The summed E-state index contributed by atoms with van der Waals surface area (Å²) in [6.45, 7) is 6.36. The molecule has 1 heterocycles. The van der Waals surface area contributed by atoms with E-state index in [2.05, 4.69) is 10.5 Å². The number of nitrogens with one attached hydrogen (secondary N) is 1. The molecule has 0 aromatic carbocycles. The summed E-state index contributed by atoms with van der Waals surface area (Å²) >= 11 is 0. The molecule has 0 saturated carbocycles. The molecular weight excluding hydrogens is 276 g/mol. The lowest BCUT2D eigenvalue weighted by molar-refractivity contribution is -0.127. The zero-order valence-electron chi connectivity index (χ0n) is 12.8. The lowest BCUT2D eigenvalue weighted by Crippen LogP contribution is -2.52. The van der Waals surface area contributed by atoms with Gasteiger partial charge in [0.15, 0.2) is 5.84 Å². The van der Waals surface area contributed by atoms with Gasteiger partial charge in [0.05, 0.1) is 6.61 Å². The summed E-state index contributed by atoms with van der Waals surface area (Å²) < 4.78 is 4.94. The molecule has 0 atom stereocenters. The number of nitrogens with zero attached hydrogens (tertiary/aromatic N) is 2. The Morgan fingerprint density at radius 1 is 1.43 bits per heavy atom. The fraction of sp³-hybridized carbons (Fsp3) is 0.769. The molecule has 0 aromatic heterocycles. The maximum atomic E-state index is 12.2. The summed E-state index contributed by atoms with van der Waals surface area (Å²) in [5, 5.41) is 14.5. The average Bonchev–Trinajstić information content (AvgIpc) is 2.47. The Morgan fingerprint density at radius 2 is 2.00 bits per heavy atom. The standard InChI is InChI=1S/C13H24N4O4/c1-4-21-12(19)17-7-5-9(6-8-17)15-11(18)13(2,3)10(14)16-20/h9,20H,4-8H2,1-3H3,(H2,14,16)(H,15,18). The molecule has 120 valence electrons. The van der Waals surface area contributed by atoms with Gasteiger partial charge in [-0.3, -0.25) is 4.79 Å². The molecule has 0 aromatic rings. The van der Waals surface area contributed by atoms with Gasteiger partial charge in [-0.05, 0) is 33.6 Å².